The predicted octanol–water partition coefficient (Wildman–Crippen LogP) is 3.13. The Bertz CT molecular complexity index is 255. The van der Waals surface area contributed by atoms with Gasteiger partial charge >= 0.3 is 5.97 Å². The number of hydrogen-bond acceptors (Lipinski definition) is 3. The second-order valence-electron chi connectivity index (χ2n) is 5.61. The van der Waals surface area contributed by atoms with E-state index in [4.69, 9.17) is 4.74 Å². The summed E-state index contributed by atoms with van der Waals surface area (Å²) in [6.07, 6.45) is 7.30. The summed E-state index contributed by atoms with van der Waals surface area (Å²) in [5.41, 5.74) is 0. The molecule has 0 amide bonds. The number of carbonyl (C=O) groups excluding carboxylic acids is 1. The number of methoxy groups -OCH3 is 1. The Morgan fingerprint density at radius 2 is 2.00 bits per heavy atom. The fraction of sp³-hybridized carbons (Fsp3) is 0.933. The van der Waals surface area contributed by atoms with Crippen LogP contribution in [0.1, 0.15) is 59.3 Å². The van der Waals surface area contributed by atoms with Gasteiger partial charge in [-0.2, -0.15) is 0 Å². The molecule has 0 radical (unpaired) electrons. The third kappa shape index (κ3) is 3.98. The van der Waals surface area contributed by atoms with E-state index in [-0.39, 0.29) is 12.0 Å². The van der Waals surface area contributed by atoms with Gasteiger partial charge in [0.2, 0.25) is 0 Å². The largest absolute Gasteiger partial charge is 0.468 e. The first-order chi connectivity index (χ1) is 8.63. The maximum Gasteiger partial charge on any atom is 0.323 e. The Labute approximate surface area is 112 Å². The minimum Gasteiger partial charge on any atom is -0.468 e. The van der Waals surface area contributed by atoms with E-state index in [1.807, 2.05) is 0 Å². The molecule has 1 aliphatic carbocycles. The van der Waals surface area contributed by atoms with Crippen LogP contribution in [0.3, 0.4) is 0 Å². The molecular weight excluding hydrogens is 226 g/mol. The van der Waals surface area contributed by atoms with Gasteiger partial charge in [-0.1, -0.05) is 46.5 Å². The molecule has 4 atom stereocenters. The fourth-order valence-electron chi connectivity index (χ4n) is 2.97. The first-order valence-electron chi connectivity index (χ1n) is 7.47. The lowest BCUT2D eigenvalue weighted by atomic mass is 9.82. The van der Waals surface area contributed by atoms with Crippen molar-refractivity contribution in [3.63, 3.8) is 0 Å². The highest BCUT2D eigenvalue weighted by Crippen LogP contribution is 2.28. The molecule has 106 valence electrons. The van der Waals surface area contributed by atoms with Crippen molar-refractivity contribution >= 4 is 5.97 Å². The smallest absolute Gasteiger partial charge is 0.323 e. The van der Waals surface area contributed by atoms with Crippen LogP contribution in [0.5, 0.6) is 0 Å². The molecule has 3 heteroatoms. The maximum absolute atomic E-state index is 11.9. The molecule has 1 rings (SSSR count). The van der Waals surface area contributed by atoms with E-state index in [2.05, 4.69) is 26.1 Å². The molecule has 3 nitrogen and oxygen atoms in total. The lowest BCUT2D eigenvalue weighted by Gasteiger charge is -2.35. The lowest BCUT2D eigenvalue weighted by Crippen LogP contribution is -2.51. The highest BCUT2D eigenvalue weighted by molar-refractivity contribution is 5.76. The van der Waals surface area contributed by atoms with E-state index in [1.54, 1.807) is 0 Å². The van der Waals surface area contributed by atoms with Crippen LogP contribution in [0.4, 0.5) is 0 Å². The van der Waals surface area contributed by atoms with Gasteiger partial charge in [0.15, 0.2) is 0 Å². The highest BCUT2D eigenvalue weighted by Gasteiger charge is 2.31. The molecule has 1 aliphatic rings. The Morgan fingerprint density at radius 3 is 2.56 bits per heavy atom. The van der Waals surface area contributed by atoms with E-state index in [1.165, 1.54) is 39.2 Å². The predicted molar refractivity (Wildman–Crippen MR) is 74.4 cm³/mol. The molecule has 0 saturated heterocycles. The minimum absolute atomic E-state index is 0.107. The monoisotopic (exact) mass is 255 g/mol. The van der Waals surface area contributed by atoms with Crippen molar-refractivity contribution in [2.24, 2.45) is 11.8 Å². The van der Waals surface area contributed by atoms with Gasteiger partial charge in [0.25, 0.3) is 0 Å². The molecule has 1 saturated carbocycles. The van der Waals surface area contributed by atoms with Crippen molar-refractivity contribution in [2.45, 2.75) is 71.4 Å². The van der Waals surface area contributed by atoms with Gasteiger partial charge < -0.3 is 10.1 Å². The van der Waals surface area contributed by atoms with Crippen LogP contribution in [-0.4, -0.2) is 25.2 Å². The van der Waals surface area contributed by atoms with E-state index in [0.29, 0.717) is 12.0 Å². The van der Waals surface area contributed by atoms with Crippen molar-refractivity contribution in [1.29, 1.82) is 0 Å². The first-order valence-corrected chi connectivity index (χ1v) is 7.47. The van der Waals surface area contributed by atoms with Gasteiger partial charge in [0, 0.05) is 6.04 Å². The number of nitrogens with one attached hydrogen (secondary N) is 1. The molecule has 0 aromatic heterocycles. The second-order valence-corrected chi connectivity index (χ2v) is 5.61. The summed E-state index contributed by atoms with van der Waals surface area (Å²) in [6.45, 7) is 6.50. The quantitative estimate of drug-likeness (QED) is 0.741. The third-order valence-corrected chi connectivity index (χ3v) is 4.50. The van der Waals surface area contributed by atoms with Crippen LogP contribution in [0, 0.1) is 11.8 Å². The third-order valence-electron chi connectivity index (χ3n) is 4.50. The average molecular weight is 255 g/mol. The van der Waals surface area contributed by atoms with E-state index in [9.17, 15) is 4.79 Å². The van der Waals surface area contributed by atoms with E-state index >= 15 is 0 Å². The van der Waals surface area contributed by atoms with Crippen LogP contribution < -0.4 is 5.32 Å². The van der Waals surface area contributed by atoms with Crippen molar-refractivity contribution in [2.75, 3.05) is 7.11 Å². The van der Waals surface area contributed by atoms with Crippen molar-refractivity contribution in [3.8, 4) is 0 Å². The molecule has 0 heterocycles. The summed E-state index contributed by atoms with van der Waals surface area (Å²) in [4.78, 5) is 11.9. The van der Waals surface area contributed by atoms with Crippen molar-refractivity contribution in [3.05, 3.63) is 0 Å². The average Bonchev–Trinajstić information content (AvgIpc) is 2.43. The van der Waals surface area contributed by atoms with E-state index < -0.39 is 0 Å². The zero-order chi connectivity index (χ0) is 13.5. The zero-order valence-electron chi connectivity index (χ0n) is 12.4. The van der Waals surface area contributed by atoms with Gasteiger partial charge in [0.1, 0.15) is 6.04 Å². The fourth-order valence-corrected chi connectivity index (χ4v) is 2.97. The van der Waals surface area contributed by atoms with Crippen LogP contribution in [0.15, 0.2) is 0 Å². The van der Waals surface area contributed by atoms with Gasteiger partial charge in [-0.25, -0.2) is 0 Å². The van der Waals surface area contributed by atoms with E-state index in [0.717, 1.165) is 12.3 Å². The molecule has 0 bridgehead atoms. The molecule has 1 N–H and O–H groups in total. The van der Waals surface area contributed by atoms with Crippen LogP contribution in [0.25, 0.3) is 0 Å². The summed E-state index contributed by atoms with van der Waals surface area (Å²) >= 11 is 0. The molecule has 0 aliphatic heterocycles. The first kappa shape index (κ1) is 15.5. The highest BCUT2D eigenvalue weighted by atomic mass is 16.5. The Kier molecular flexibility index (Phi) is 6.69. The summed E-state index contributed by atoms with van der Waals surface area (Å²) in [6, 6.07) is 0.346. The van der Waals surface area contributed by atoms with Gasteiger partial charge in [-0.05, 0) is 24.7 Å². The summed E-state index contributed by atoms with van der Waals surface area (Å²) in [5.74, 6) is 0.941. The van der Waals surface area contributed by atoms with Crippen LogP contribution >= 0.6 is 0 Å². The number of rotatable bonds is 6. The van der Waals surface area contributed by atoms with Gasteiger partial charge in [0.05, 0.1) is 7.11 Å². The Morgan fingerprint density at radius 1 is 1.33 bits per heavy atom. The minimum atomic E-state index is -0.142. The van der Waals surface area contributed by atoms with Crippen molar-refractivity contribution < 1.29 is 9.53 Å². The topological polar surface area (TPSA) is 38.3 Å². The normalized spacial score (nSPS) is 27.6. The lowest BCUT2D eigenvalue weighted by molar-refractivity contribution is -0.145. The second kappa shape index (κ2) is 7.78. The number of ether oxygens (including phenoxy) is 1. The number of esters is 1. The standard InChI is InChI=1S/C15H29NO2/c1-5-11(3)14(15(17)18-4)16-13-10-8-7-9-12(13)6-2/h11-14,16H,5-10H2,1-4H3. The number of carbonyl (C=O) groups is 1. The van der Waals surface area contributed by atoms with Gasteiger partial charge in [-0.3, -0.25) is 4.79 Å². The molecule has 0 aromatic rings. The van der Waals surface area contributed by atoms with Crippen LogP contribution in [-0.2, 0) is 9.53 Å². The SMILES string of the molecule is CCC(C)C(NC1CCCCC1CC)C(=O)OC. The maximum atomic E-state index is 11.9. The molecule has 0 spiro atoms. The molecule has 18 heavy (non-hydrogen) atoms. The molecule has 4 unspecified atom stereocenters. The molecule has 0 aromatic carbocycles. The summed E-state index contributed by atoms with van der Waals surface area (Å²) in [5, 5.41) is 3.58. The summed E-state index contributed by atoms with van der Waals surface area (Å²) in [7, 11) is 1.48. The van der Waals surface area contributed by atoms with Crippen LogP contribution in [0.2, 0.25) is 0 Å². The number of hydrogen-bond donors (Lipinski definition) is 1. The molecular formula is C15H29NO2. The Hall–Kier alpha value is -0.570. The molecule has 1 fully saturated rings. The van der Waals surface area contributed by atoms with Crippen molar-refractivity contribution in [1.82, 2.24) is 5.32 Å². The zero-order valence-corrected chi connectivity index (χ0v) is 12.4. The van der Waals surface area contributed by atoms with Gasteiger partial charge in [-0.15, -0.1) is 0 Å². The Balaban J connectivity index is 2.66. The summed E-state index contributed by atoms with van der Waals surface area (Å²) < 4.78 is 4.94.